The van der Waals surface area contributed by atoms with Crippen molar-refractivity contribution in [1.82, 2.24) is 20.0 Å². The number of likely N-dealkylation sites (tertiary alicyclic amines) is 1. The van der Waals surface area contributed by atoms with E-state index in [4.69, 9.17) is 0 Å². The van der Waals surface area contributed by atoms with Crippen LogP contribution >= 0.6 is 0 Å². The molecule has 1 aliphatic heterocycles. The number of hydrogen-bond acceptors (Lipinski definition) is 3. The molecule has 2 amide bonds. The van der Waals surface area contributed by atoms with Gasteiger partial charge in [-0.15, -0.1) is 0 Å². The van der Waals surface area contributed by atoms with E-state index in [1.165, 1.54) is 10.7 Å². The number of benzene rings is 1. The first kappa shape index (κ1) is 23.8. The molecule has 0 radical (unpaired) electrons. The number of nitrogens with zero attached hydrogens (tertiary/aromatic N) is 3. The van der Waals surface area contributed by atoms with Gasteiger partial charge in [0.1, 0.15) is 0 Å². The number of rotatable bonds is 6. The first-order valence-corrected chi connectivity index (χ1v) is 10.9. The van der Waals surface area contributed by atoms with Crippen LogP contribution in [0.15, 0.2) is 24.3 Å². The molecule has 1 aliphatic rings. The van der Waals surface area contributed by atoms with Crippen molar-refractivity contribution in [3.05, 3.63) is 46.8 Å². The van der Waals surface area contributed by atoms with Gasteiger partial charge in [0.15, 0.2) is 0 Å². The van der Waals surface area contributed by atoms with Crippen LogP contribution in [0.1, 0.15) is 55.1 Å². The quantitative estimate of drug-likeness (QED) is 0.719. The number of carbonyl (C=O) groups excluding carboxylic acids is 2. The molecule has 2 aromatic rings. The molecule has 1 unspecified atom stereocenters. The van der Waals surface area contributed by atoms with Gasteiger partial charge in [-0.2, -0.15) is 18.3 Å². The highest BCUT2D eigenvalue weighted by Gasteiger charge is 2.34. The van der Waals surface area contributed by atoms with Gasteiger partial charge in [0.2, 0.25) is 11.8 Å². The predicted octanol–water partition coefficient (Wildman–Crippen LogP) is 4.16. The Morgan fingerprint density at radius 3 is 2.59 bits per heavy atom. The lowest BCUT2D eigenvalue weighted by Gasteiger charge is -2.32. The molecule has 0 spiro atoms. The molecule has 9 heteroatoms. The second kappa shape index (κ2) is 9.75. The number of aromatic nitrogens is 2. The second-order valence-corrected chi connectivity index (χ2v) is 8.32. The van der Waals surface area contributed by atoms with E-state index in [-0.39, 0.29) is 23.9 Å². The summed E-state index contributed by atoms with van der Waals surface area (Å²) in [4.78, 5) is 26.5. The molecule has 0 bridgehead atoms. The summed E-state index contributed by atoms with van der Waals surface area (Å²) in [6, 6.07) is 5.81. The minimum atomic E-state index is -4.57. The normalized spacial score (nSPS) is 16.8. The van der Waals surface area contributed by atoms with Crippen molar-refractivity contribution in [2.45, 2.75) is 59.2 Å². The van der Waals surface area contributed by atoms with Crippen molar-refractivity contribution in [2.24, 2.45) is 5.92 Å². The number of amides is 2. The molecule has 0 aliphatic carbocycles. The molecular weight excluding hydrogens is 421 g/mol. The third-order valence-electron chi connectivity index (χ3n) is 5.71. The SMILES string of the molecule is CCCC(=O)N1CCCC(C(=O)NCc2ccc(-n3nc(C)cc3C)cc2C(F)(F)F)C1. The van der Waals surface area contributed by atoms with Gasteiger partial charge in [-0.25, -0.2) is 4.68 Å². The van der Waals surface area contributed by atoms with Crippen LogP contribution in [0.5, 0.6) is 0 Å². The summed E-state index contributed by atoms with van der Waals surface area (Å²) < 4.78 is 42.7. The Labute approximate surface area is 185 Å². The zero-order chi connectivity index (χ0) is 23.5. The molecule has 6 nitrogen and oxygen atoms in total. The first-order chi connectivity index (χ1) is 15.1. The summed E-state index contributed by atoms with van der Waals surface area (Å²) in [7, 11) is 0. The summed E-state index contributed by atoms with van der Waals surface area (Å²) >= 11 is 0. The number of carbonyl (C=O) groups is 2. The fourth-order valence-corrected chi connectivity index (χ4v) is 4.12. The maximum atomic E-state index is 13.8. The molecule has 1 aromatic carbocycles. The van der Waals surface area contributed by atoms with Crippen molar-refractivity contribution in [3.63, 3.8) is 0 Å². The third kappa shape index (κ3) is 5.49. The van der Waals surface area contributed by atoms with Gasteiger partial charge < -0.3 is 10.2 Å². The van der Waals surface area contributed by atoms with Crippen LogP contribution in [-0.2, 0) is 22.3 Å². The highest BCUT2D eigenvalue weighted by molar-refractivity contribution is 5.81. The minimum absolute atomic E-state index is 0.00847. The first-order valence-electron chi connectivity index (χ1n) is 10.9. The van der Waals surface area contributed by atoms with E-state index in [9.17, 15) is 22.8 Å². The van der Waals surface area contributed by atoms with Crippen LogP contribution in [0.2, 0.25) is 0 Å². The fraction of sp³-hybridized carbons (Fsp3) is 0.522. The Bertz CT molecular complexity index is 984. The van der Waals surface area contributed by atoms with Crippen LogP contribution in [0.4, 0.5) is 13.2 Å². The molecule has 1 aromatic heterocycles. The second-order valence-electron chi connectivity index (χ2n) is 8.32. The zero-order valence-corrected chi connectivity index (χ0v) is 18.6. The fourth-order valence-electron chi connectivity index (χ4n) is 4.12. The zero-order valence-electron chi connectivity index (χ0n) is 18.6. The maximum Gasteiger partial charge on any atom is 0.416 e. The molecular formula is C23H29F3N4O2. The van der Waals surface area contributed by atoms with Crippen molar-refractivity contribution in [3.8, 4) is 5.69 Å². The van der Waals surface area contributed by atoms with Gasteiger partial charge in [-0.3, -0.25) is 9.59 Å². The predicted molar refractivity (Wildman–Crippen MR) is 114 cm³/mol. The Kier molecular flexibility index (Phi) is 7.26. The van der Waals surface area contributed by atoms with E-state index >= 15 is 0 Å². The van der Waals surface area contributed by atoms with Gasteiger partial charge >= 0.3 is 6.18 Å². The number of hydrogen-bond donors (Lipinski definition) is 1. The summed E-state index contributed by atoms with van der Waals surface area (Å²) in [6.07, 6.45) is -2.07. The van der Waals surface area contributed by atoms with E-state index in [0.717, 1.165) is 18.2 Å². The number of alkyl halides is 3. The molecule has 1 atom stereocenters. The Morgan fingerprint density at radius 2 is 1.97 bits per heavy atom. The summed E-state index contributed by atoms with van der Waals surface area (Å²) in [5, 5.41) is 6.90. The molecule has 1 N–H and O–H groups in total. The van der Waals surface area contributed by atoms with E-state index < -0.39 is 17.7 Å². The van der Waals surface area contributed by atoms with Gasteiger partial charge in [0.25, 0.3) is 0 Å². The molecule has 1 saturated heterocycles. The molecule has 174 valence electrons. The molecule has 3 rings (SSSR count). The van der Waals surface area contributed by atoms with Crippen LogP contribution < -0.4 is 5.32 Å². The Morgan fingerprint density at radius 1 is 1.22 bits per heavy atom. The van der Waals surface area contributed by atoms with E-state index in [1.807, 2.05) is 6.92 Å². The van der Waals surface area contributed by atoms with Crippen molar-refractivity contribution < 1.29 is 22.8 Å². The monoisotopic (exact) mass is 450 g/mol. The molecule has 2 heterocycles. The van der Waals surface area contributed by atoms with Gasteiger partial charge in [0, 0.05) is 31.7 Å². The average Bonchev–Trinajstić information content (AvgIpc) is 3.09. The average molecular weight is 451 g/mol. The van der Waals surface area contributed by atoms with E-state index in [2.05, 4.69) is 10.4 Å². The highest BCUT2D eigenvalue weighted by atomic mass is 19.4. The van der Waals surface area contributed by atoms with Crippen LogP contribution in [0.3, 0.4) is 0 Å². The lowest BCUT2D eigenvalue weighted by molar-refractivity contribution is -0.139. The molecule has 1 fully saturated rings. The number of aryl methyl sites for hydroxylation is 2. The third-order valence-corrected chi connectivity index (χ3v) is 5.71. The maximum absolute atomic E-state index is 13.8. The van der Waals surface area contributed by atoms with Crippen LogP contribution in [0, 0.1) is 19.8 Å². The number of piperidine rings is 1. The lowest BCUT2D eigenvalue weighted by atomic mass is 9.96. The van der Waals surface area contributed by atoms with Crippen molar-refractivity contribution in [1.29, 1.82) is 0 Å². The smallest absolute Gasteiger partial charge is 0.352 e. The standard InChI is InChI=1S/C23H29F3N4O2/c1-4-6-21(31)29-10-5-7-18(14-29)22(32)27-13-17-8-9-19(12-20(17)23(24,25)26)30-16(3)11-15(2)28-30/h8-9,11-12,18H,4-7,10,13-14H2,1-3H3,(H,27,32). The Balaban J connectivity index is 1.73. The van der Waals surface area contributed by atoms with Crippen molar-refractivity contribution >= 4 is 11.8 Å². The largest absolute Gasteiger partial charge is 0.416 e. The van der Waals surface area contributed by atoms with E-state index in [1.54, 1.807) is 30.9 Å². The van der Waals surface area contributed by atoms with E-state index in [0.29, 0.717) is 43.7 Å². The number of halogens is 3. The minimum Gasteiger partial charge on any atom is -0.352 e. The Hall–Kier alpha value is -2.84. The summed E-state index contributed by atoms with van der Waals surface area (Å²) in [5.41, 5.74) is 0.954. The van der Waals surface area contributed by atoms with Crippen LogP contribution in [0.25, 0.3) is 5.69 Å². The summed E-state index contributed by atoms with van der Waals surface area (Å²) in [5.74, 6) is -0.716. The lowest BCUT2D eigenvalue weighted by Crippen LogP contribution is -2.45. The van der Waals surface area contributed by atoms with Crippen molar-refractivity contribution in [2.75, 3.05) is 13.1 Å². The van der Waals surface area contributed by atoms with Gasteiger partial charge in [0.05, 0.1) is 22.9 Å². The summed E-state index contributed by atoms with van der Waals surface area (Å²) in [6.45, 7) is 6.18. The number of nitrogens with one attached hydrogen (secondary N) is 1. The topological polar surface area (TPSA) is 67.2 Å². The van der Waals surface area contributed by atoms with Gasteiger partial charge in [-0.1, -0.05) is 13.0 Å². The van der Waals surface area contributed by atoms with Gasteiger partial charge in [-0.05, 0) is 56.9 Å². The highest BCUT2D eigenvalue weighted by Crippen LogP contribution is 2.34. The molecule has 0 saturated carbocycles. The molecule has 32 heavy (non-hydrogen) atoms. The van der Waals surface area contributed by atoms with Crippen LogP contribution in [-0.4, -0.2) is 39.6 Å².